The van der Waals surface area contributed by atoms with E-state index in [1.54, 1.807) is 0 Å². The smallest absolute Gasteiger partial charge is 0.296 e. The zero-order valence-electron chi connectivity index (χ0n) is 16.7. The molecule has 1 heterocycles. The van der Waals surface area contributed by atoms with Crippen LogP contribution in [0, 0.1) is 10.1 Å². The highest BCUT2D eigenvalue weighted by Gasteiger charge is 2.31. The number of carbonyl (C=O) groups is 1. The third kappa shape index (κ3) is 4.44. The Bertz CT molecular complexity index is 1050. The molecule has 160 valence electrons. The van der Waals surface area contributed by atoms with Gasteiger partial charge in [-0.3, -0.25) is 14.9 Å². The molecule has 2 aromatic carbocycles. The van der Waals surface area contributed by atoms with E-state index in [1.807, 2.05) is 6.92 Å². The van der Waals surface area contributed by atoms with Crippen LogP contribution in [0.1, 0.15) is 36.5 Å². The van der Waals surface area contributed by atoms with Gasteiger partial charge in [0.1, 0.15) is 11.4 Å². The lowest BCUT2D eigenvalue weighted by molar-refractivity contribution is -0.384. The summed E-state index contributed by atoms with van der Waals surface area (Å²) in [5.74, 6) is -0.292. The van der Waals surface area contributed by atoms with Gasteiger partial charge in [0.05, 0.1) is 23.0 Å². The molecule has 1 unspecified atom stereocenters. The van der Waals surface area contributed by atoms with Crippen LogP contribution < -0.4 is 10.1 Å². The van der Waals surface area contributed by atoms with Crippen LogP contribution in [0.25, 0.3) is 0 Å². The van der Waals surface area contributed by atoms with Crippen LogP contribution in [-0.4, -0.2) is 43.2 Å². The van der Waals surface area contributed by atoms with Crippen molar-refractivity contribution >= 4 is 27.3 Å². The number of amides is 1. The molecule has 1 saturated heterocycles. The zero-order valence-corrected chi connectivity index (χ0v) is 17.5. The van der Waals surface area contributed by atoms with Gasteiger partial charge in [-0.2, -0.15) is 4.31 Å². The summed E-state index contributed by atoms with van der Waals surface area (Å²) in [7, 11) is -2.25. The Morgan fingerprint density at radius 2 is 1.90 bits per heavy atom. The molecule has 1 aliphatic heterocycles. The fraction of sp³-hybridized carbons (Fsp3) is 0.350. The van der Waals surface area contributed by atoms with Gasteiger partial charge in [-0.25, -0.2) is 8.42 Å². The number of hydrogen-bond donors (Lipinski definition) is 1. The van der Waals surface area contributed by atoms with Crippen molar-refractivity contribution in [2.45, 2.75) is 37.1 Å². The molecule has 9 nitrogen and oxygen atoms in total. The number of anilines is 1. The van der Waals surface area contributed by atoms with E-state index in [2.05, 4.69) is 5.32 Å². The van der Waals surface area contributed by atoms with Crippen molar-refractivity contribution in [1.29, 1.82) is 0 Å². The summed E-state index contributed by atoms with van der Waals surface area (Å²) in [6.45, 7) is 2.37. The number of methoxy groups -OCH3 is 1. The van der Waals surface area contributed by atoms with Gasteiger partial charge < -0.3 is 10.1 Å². The van der Waals surface area contributed by atoms with E-state index in [9.17, 15) is 23.3 Å². The summed E-state index contributed by atoms with van der Waals surface area (Å²) in [6.07, 6.45) is 2.65. The first kappa shape index (κ1) is 21.7. The Hall–Kier alpha value is -2.98. The Morgan fingerprint density at radius 3 is 2.50 bits per heavy atom. The summed E-state index contributed by atoms with van der Waals surface area (Å²) >= 11 is 0. The second-order valence-electron chi connectivity index (χ2n) is 7.08. The lowest BCUT2D eigenvalue weighted by Crippen LogP contribution is -2.41. The Labute approximate surface area is 174 Å². The molecule has 0 radical (unpaired) electrons. The van der Waals surface area contributed by atoms with Crippen molar-refractivity contribution in [3.8, 4) is 5.75 Å². The predicted molar refractivity (Wildman–Crippen MR) is 111 cm³/mol. The summed E-state index contributed by atoms with van der Waals surface area (Å²) in [4.78, 5) is 23.3. The van der Waals surface area contributed by atoms with Gasteiger partial charge in [-0.1, -0.05) is 6.42 Å². The second kappa shape index (κ2) is 8.80. The summed E-state index contributed by atoms with van der Waals surface area (Å²) < 4.78 is 32.2. The number of carbonyl (C=O) groups excluding carboxylic acids is 1. The maximum Gasteiger partial charge on any atom is 0.296 e. The minimum absolute atomic E-state index is 0.0182. The van der Waals surface area contributed by atoms with Gasteiger partial charge >= 0.3 is 0 Å². The lowest BCUT2D eigenvalue weighted by Gasteiger charge is -2.32. The summed E-state index contributed by atoms with van der Waals surface area (Å²) in [6, 6.07) is 9.58. The van der Waals surface area contributed by atoms with Crippen molar-refractivity contribution < 1.29 is 22.9 Å². The van der Waals surface area contributed by atoms with E-state index in [-0.39, 0.29) is 27.9 Å². The molecule has 2 aromatic rings. The third-order valence-corrected chi connectivity index (χ3v) is 7.14. The number of hydrogen-bond acceptors (Lipinski definition) is 6. The molecule has 10 heteroatoms. The maximum atomic E-state index is 12.9. The first-order valence-electron chi connectivity index (χ1n) is 9.49. The maximum absolute atomic E-state index is 12.9. The minimum Gasteiger partial charge on any atom is -0.496 e. The SMILES string of the molecule is COc1ccc(NC(=O)c2ccc(S(=O)(=O)N3CCCCC3C)cc2)c([N+](=O)[O-])c1. The highest BCUT2D eigenvalue weighted by atomic mass is 32.2. The molecule has 0 aromatic heterocycles. The highest BCUT2D eigenvalue weighted by molar-refractivity contribution is 7.89. The number of benzene rings is 2. The molecule has 0 spiro atoms. The highest BCUT2D eigenvalue weighted by Crippen LogP contribution is 2.30. The monoisotopic (exact) mass is 433 g/mol. The van der Waals surface area contributed by atoms with Gasteiger partial charge in [0.2, 0.25) is 10.0 Å². The average Bonchev–Trinajstić information content (AvgIpc) is 2.74. The topological polar surface area (TPSA) is 119 Å². The van der Waals surface area contributed by atoms with E-state index < -0.39 is 20.9 Å². The van der Waals surface area contributed by atoms with E-state index >= 15 is 0 Å². The van der Waals surface area contributed by atoms with E-state index in [4.69, 9.17) is 4.74 Å². The molecule has 30 heavy (non-hydrogen) atoms. The lowest BCUT2D eigenvalue weighted by atomic mass is 10.1. The fourth-order valence-corrected chi connectivity index (χ4v) is 5.13. The van der Waals surface area contributed by atoms with Crippen molar-refractivity contribution in [3.05, 3.63) is 58.1 Å². The van der Waals surface area contributed by atoms with Crippen LogP contribution in [-0.2, 0) is 10.0 Å². The van der Waals surface area contributed by atoms with Crippen molar-refractivity contribution in [3.63, 3.8) is 0 Å². The van der Waals surface area contributed by atoms with E-state index in [0.717, 1.165) is 19.3 Å². The molecule has 0 saturated carbocycles. The van der Waals surface area contributed by atoms with Crippen LogP contribution in [0.15, 0.2) is 47.4 Å². The average molecular weight is 433 g/mol. The van der Waals surface area contributed by atoms with Gasteiger partial charge in [0.25, 0.3) is 11.6 Å². The van der Waals surface area contributed by atoms with Crippen molar-refractivity contribution in [2.75, 3.05) is 19.0 Å². The molecule has 0 bridgehead atoms. The van der Waals surface area contributed by atoms with E-state index in [1.165, 1.54) is 53.9 Å². The van der Waals surface area contributed by atoms with Crippen molar-refractivity contribution in [1.82, 2.24) is 4.31 Å². The first-order valence-corrected chi connectivity index (χ1v) is 10.9. The van der Waals surface area contributed by atoms with Gasteiger partial charge in [-0.15, -0.1) is 0 Å². The number of nitro benzene ring substituents is 1. The molecule has 1 amide bonds. The number of ether oxygens (including phenoxy) is 1. The predicted octanol–water partition coefficient (Wildman–Crippen LogP) is 3.42. The van der Waals surface area contributed by atoms with Crippen LogP contribution >= 0.6 is 0 Å². The summed E-state index contributed by atoms with van der Waals surface area (Å²) in [5.41, 5.74) is -0.101. The molecule has 0 aliphatic carbocycles. The number of sulfonamides is 1. The Kier molecular flexibility index (Phi) is 6.37. The molecular weight excluding hydrogens is 410 g/mol. The summed E-state index contributed by atoms with van der Waals surface area (Å²) in [5, 5.41) is 13.8. The normalized spacial score (nSPS) is 17.3. The van der Waals surface area contributed by atoms with Gasteiger partial charge in [0.15, 0.2) is 0 Å². The number of nitrogens with one attached hydrogen (secondary N) is 1. The van der Waals surface area contributed by atoms with Crippen LogP contribution in [0.3, 0.4) is 0 Å². The number of nitro groups is 1. The number of nitrogens with zero attached hydrogens (tertiary/aromatic N) is 2. The zero-order chi connectivity index (χ0) is 21.9. The molecular formula is C20H23N3O6S. The molecule has 1 fully saturated rings. The fourth-order valence-electron chi connectivity index (χ4n) is 3.43. The van der Waals surface area contributed by atoms with Crippen LogP contribution in [0.2, 0.25) is 0 Å². The Morgan fingerprint density at radius 1 is 1.20 bits per heavy atom. The molecule has 1 N–H and O–H groups in total. The third-order valence-electron chi connectivity index (χ3n) is 5.11. The standard InChI is InChI=1S/C20H23N3O6S/c1-14-5-3-4-12-22(14)30(27,28)17-9-6-15(7-10-17)20(24)21-18-11-8-16(29-2)13-19(18)23(25)26/h6-11,13-14H,3-5,12H2,1-2H3,(H,21,24). The number of piperidine rings is 1. The Balaban J connectivity index is 1.80. The largest absolute Gasteiger partial charge is 0.496 e. The first-order chi connectivity index (χ1) is 14.2. The van der Waals surface area contributed by atoms with Crippen molar-refractivity contribution in [2.24, 2.45) is 0 Å². The molecule has 3 rings (SSSR count). The van der Waals surface area contributed by atoms with Gasteiger partial charge in [0, 0.05) is 18.2 Å². The molecule has 1 aliphatic rings. The second-order valence-corrected chi connectivity index (χ2v) is 8.97. The van der Waals surface area contributed by atoms with Crippen LogP contribution in [0.5, 0.6) is 5.75 Å². The van der Waals surface area contributed by atoms with Crippen LogP contribution in [0.4, 0.5) is 11.4 Å². The van der Waals surface area contributed by atoms with Gasteiger partial charge in [-0.05, 0) is 56.2 Å². The van der Waals surface area contributed by atoms with E-state index in [0.29, 0.717) is 12.3 Å². The molecule has 1 atom stereocenters. The minimum atomic E-state index is -3.64. The quantitative estimate of drug-likeness (QED) is 0.551. The number of rotatable bonds is 6.